The van der Waals surface area contributed by atoms with Crippen LogP contribution in [-0.4, -0.2) is 62.3 Å². The van der Waals surface area contributed by atoms with E-state index < -0.39 is 10.0 Å². The smallest absolute Gasteiger partial charge is 0.277 e. The lowest BCUT2D eigenvalue weighted by Gasteiger charge is -2.33. The van der Waals surface area contributed by atoms with Crippen molar-refractivity contribution in [1.82, 2.24) is 9.21 Å². The second kappa shape index (κ2) is 7.85. The molecular formula is C18H28N3O3S+. The molecule has 2 fully saturated rings. The van der Waals surface area contributed by atoms with Crippen LogP contribution in [0.5, 0.6) is 0 Å². The van der Waals surface area contributed by atoms with Gasteiger partial charge in [0, 0.05) is 26.2 Å². The van der Waals surface area contributed by atoms with Gasteiger partial charge in [0.05, 0.1) is 10.9 Å². The summed E-state index contributed by atoms with van der Waals surface area (Å²) in [6.07, 6.45) is 4.95. The Hall–Kier alpha value is -1.44. The van der Waals surface area contributed by atoms with Gasteiger partial charge in [0.2, 0.25) is 10.0 Å². The quantitative estimate of drug-likeness (QED) is 0.816. The van der Waals surface area contributed by atoms with Crippen molar-refractivity contribution in [1.29, 1.82) is 0 Å². The normalized spacial score (nSPS) is 20.1. The Balaban J connectivity index is 1.52. The minimum absolute atomic E-state index is 0.124. The van der Waals surface area contributed by atoms with Gasteiger partial charge in [-0.3, -0.25) is 4.79 Å². The number of piperazine rings is 1. The summed E-state index contributed by atoms with van der Waals surface area (Å²) < 4.78 is 26.9. The molecule has 1 aromatic carbocycles. The fourth-order valence-electron chi connectivity index (χ4n) is 3.63. The molecule has 2 N–H and O–H groups in total. The van der Waals surface area contributed by atoms with Gasteiger partial charge in [0.1, 0.15) is 0 Å². The van der Waals surface area contributed by atoms with E-state index in [4.69, 9.17) is 0 Å². The van der Waals surface area contributed by atoms with Crippen molar-refractivity contribution in [3.05, 3.63) is 29.8 Å². The third kappa shape index (κ3) is 4.40. The van der Waals surface area contributed by atoms with Gasteiger partial charge in [0.25, 0.3) is 5.91 Å². The van der Waals surface area contributed by atoms with Crippen LogP contribution in [0.2, 0.25) is 0 Å². The number of nitrogens with two attached hydrogens (primary N) is 1. The molecule has 1 aliphatic heterocycles. The first kappa shape index (κ1) is 18.4. The van der Waals surface area contributed by atoms with Gasteiger partial charge in [-0.05, 0) is 44.7 Å². The van der Waals surface area contributed by atoms with E-state index >= 15 is 0 Å². The highest BCUT2D eigenvalue weighted by atomic mass is 32.2. The Labute approximate surface area is 150 Å². The largest absolute Gasteiger partial charge is 0.336 e. The highest BCUT2D eigenvalue weighted by Gasteiger charge is 2.30. The Kier molecular flexibility index (Phi) is 5.76. The number of sulfonamides is 1. The third-order valence-electron chi connectivity index (χ3n) is 5.28. The average molecular weight is 367 g/mol. The summed E-state index contributed by atoms with van der Waals surface area (Å²) in [6, 6.07) is 7.52. The van der Waals surface area contributed by atoms with E-state index in [1.165, 1.54) is 30.0 Å². The van der Waals surface area contributed by atoms with Crippen LogP contribution in [-0.2, 0) is 14.8 Å². The van der Waals surface area contributed by atoms with Crippen LogP contribution in [0, 0.1) is 6.92 Å². The standard InChI is InChI=1S/C18H27N3O3S/c1-15-6-8-17(9-7-15)25(23,24)21-12-10-20(11-13-21)18(22)14-19-16-4-2-3-5-16/h6-9,16,19H,2-5,10-14H2,1H3/p+1. The van der Waals surface area contributed by atoms with Crippen molar-refractivity contribution in [3.8, 4) is 0 Å². The minimum atomic E-state index is -3.47. The number of benzene rings is 1. The fourth-order valence-corrected chi connectivity index (χ4v) is 5.05. The van der Waals surface area contributed by atoms with Gasteiger partial charge in [-0.15, -0.1) is 0 Å². The summed E-state index contributed by atoms with van der Waals surface area (Å²) in [5, 5.41) is 2.16. The van der Waals surface area contributed by atoms with Crippen molar-refractivity contribution in [2.75, 3.05) is 32.7 Å². The number of nitrogens with zero attached hydrogens (tertiary/aromatic N) is 2. The summed E-state index contributed by atoms with van der Waals surface area (Å²) in [7, 11) is -3.47. The van der Waals surface area contributed by atoms with Crippen molar-refractivity contribution < 1.29 is 18.5 Å². The first-order valence-electron chi connectivity index (χ1n) is 9.15. The molecule has 1 aliphatic carbocycles. The molecule has 0 bridgehead atoms. The number of carbonyl (C=O) groups is 1. The van der Waals surface area contributed by atoms with E-state index in [0.29, 0.717) is 43.7 Å². The van der Waals surface area contributed by atoms with Gasteiger partial charge >= 0.3 is 0 Å². The third-order valence-corrected chi connectivity index (χ3v) is 7.19. The molecule has 0 atom stereocenters. The van der Waals surface area contributed by atoms with Crippen LogP contribution in [0.25, 0.3) is 0 Å². The number of carbonyl (C=O) groups excluding carboxylic acids is 1. The van der Waals surface area contributed by atoms with Crippen LogP contribution in [0.4, 0.5) is 0 Å². The molecule has 1 heterocycles. The molecule has 0 aromatic heterocycles. The predicted octanol–water partition coefficient (Wildman–Crippen LogP) is 0.334. The van der Waals surface area contributed by atoms with Crippen LogP contribution in [0.15, 0.2) is 29.2 Å². The molecule has 1 saturated heterocycles. The topological polar surface area (TPSA) is 74.3 Å². The summed E-state index contributed by atoms with van der Waals surface area (Å²) in [5.41, 5.74) is 1.04. The van der Waals surface area contributed by atoms with E-state index in [2.05, 4.69) is 5.32 Å². The number of rotatable bonds is 5. The maximum absolute atomic E-state index is 12.7. The van der Waals surface area contributed by atoms with E-state index in [9.17, 15) is 13.2 Å². The predicted molar refractivity (Wildman–Crippen MR) is 95.6 cm³/mol. The molecule has 25 heavy (non-hydrogen) atoms. The molecule has 1 aromatic rings. The monoisotopic (exact) mass is 366 g/mol. The highest BCUT2D eigenvalue weighted by molar-refractivity contribution is 7.89. The molecule has 0 radical (unpaired) electrons. The zero-order chi connectivity index (χ0) is 17.9. The summed E-state index contributed by atoms with van der Waals surface area (Å²) in [4.78, 5) is 14.5. The lowest BCUT2D eigenvalue weighted by Crippen LogP contribution is -2.91. The van der Waals surface area contributed by atoms with Crippen molar-refractivity contribution >= 4 is 15.9 Å². The van der Waals surface area contributed by atoms with Crippen molar-refractivity contribution in [2.45, 2.75) is 43.5 Å². The molecule has 1 saturated carbocycles. The molecule has 2 aliphatic rings. The Morgan fingerprint density at radius 1 is 1.08 bits per heavy atom. The Morgan fingerprint density at radius 3 is 2.28 bits per heavy atom. The van der Waals surface area contributed by atoms with Gasteiger partial charge < -0.3 is 10.2 Å². The van der Waals surface area contributed by atoms with Crippen molar-refractivity contribution in [2.24, 2.45) is 0 Å². The number of amides is 1. The van der Waals surface area contributed by atoms with E-state index in [1.54, 1.807) is 17.0 Å². The molecule has 1 amide bonds. The summed E-state index contributed by atoms with van der Waals surface area (Å²) in [5.74, 6) is 0.124. The number of hydrogen-bond donors (Lipinski definition) is 1. The number of hydrogen-bond acceptors (Lipinski definition) is 3. The zero-order valence-electron chi connectivity index (χ0n) is 14.9. The van der Waals surface area contributed by atoms with E-state index in [0.717, 1.165) is 5.56 Å². The lowest BCUT2D eigenvalue weighted by atomic mass is 10.2. The molecule has 6 nitrogen and oxygen atoms in total. The average Bonchev–Trinajstić information content (AvgIpc) is 3.14. The van der Waals surface area contributed by atoms with Gasteiger partial charge in [0.15, 0.2) is 6.54 Å². The van der Waals surface area contributed by atoms with Crippen LogP contribution in [0.3, 0.4) is 0 Å². The fraction of sp³-hybridized carbons (Fsp3) is 0.611. The van der Waals surface area contributed by atoms with E-state index in [-0.39, 0.29) is 5.91 Å². The SMILES string of the molecule is Cc1ccc(S(=O)(=O)N2CCN(C(=O)C[NH2+]C3CCCC3)CC2)cc1. The van der Waals surface area contributed by atoms with Gasteiger partial charge in [-0.2, -0.15) is 4.31 Å². The summed E-state index contributed by atoms with van der Waals surface area (Å²) in [6.45, 7) is 4.10. The molecule has 138 valence electrons. The maximum atomic E-state index is 12.7. The first-order chi connectivity index (χ1) is 12.0. The second-order valence-corrected chi connectivity index (χ2v) is 9.02. The van der Waals surface area contributed by atoms with Crippen LogP contribution in [0.1, 0.15) is 31.2 Å². The molecule has 7 heteroatoms. The van der Waals surface area contributed by atoms with E-state index in [1.807, 2.05) is 19.1 Å². The molecule has 0 unspecified atom stereocenters. The number of aryl methyl sites for hydroxylation is 1. The van der Waals surface area contributed by atoms with Gasteiger partial charge in [-0.25, -0.2) is 8.42 Å². The Bertz CT molecular complexity index is 689. The first-order valence-corrected chi connectivity index (χ1v) is 10.6. The van der Waals surface area contributed by atoms with Crippen LogP contribution < -0.4 is 5.32 Å². The maximum Gasteiger partial charge on any atom is 0.277 e. The Morgan fingerprint density at radius 2 is 1.68 bits per heavy atom. The second-order valence-electron chi connectivity index (χ2n) is 7.08. The van der Waals surface area contributed by atoms with Crippen molar-refractivity contribution in [3.63, 3.8) is 0 Å². The molecular weight excluding hydrogens is 338 g/mol. The molecule has 3 rings (SSSR count). The minimum Gasteiger partial charge on any atom is -0.336 e. The lowest BCUT2D eigenvalue weighted by molar-refractivity contribution is -0.678. The zero-order valence-corrected chi connectivity index (χ0v) is 15.7. The highest BCUT2D eigenvalue weighted by Crippen LogP contribution is 2.18. The van der Waals surface area contributed by atoms with Gasteiger partial charge in [-0.1, -0.05) is 17.7 Å². The van der Waals surface area contributed by atoms with Crippen LogP contribution >= 0.6 is 0 Å². The summed E-state index contributed by atoms with van der Waals surface area (Å²) >= 11 is 0. The number of quaternary nitrogens is 1. The molecule has 0 spiro atoms.